The van der Waals surface area contributed by atoms with E-state index in [1.54, 1.807) is 6.20 Å². The third-order valence-electron chi connectivity index (χ3n) is 2.31. The summed E-state index contributed by atoms with van der Waals surface area (Å²) >= 11 is 0. The summed E-state index contributed by atoms with van der Waals surface area (Å²) in [6, 6.07) is 4.32. The highest BCUT2D eigenvalue weighted by atomic mass is 15.2. The number of anilines is 1. The van der Waals surface area contributed by atoms with Crippen LogP contribution in [0.1, 0.15) is 19.4 Å². The highest BCUT2D eigenvalue weighted by Gasteiger charge is 2.13. The van der Waals surface area contributed by atoms with Crippen molar-refractivity contribution in [3.05, 3.63) is 36.5 Å². The van der Waals surface area contributed by atoms with Gasteiger partial charge in [0.05, 0.1) is 0 Å². The summed E-state index contributed by atoms with van der Waals surface area (Å²) in [5.41, 5.74) is 6.77. The maximum atomic E-state index is 5.69. The lowest BCUT2D eigenvalue weighted by Gasteiger charge is -2.28. The first-order chi connectivity index (χ1) is 7.20. The molecule has 0 radical (unpaired) electrons. The average molecular weight is 205 g/mol. The van der Waals surface area contributed by atoms with Gasteiger partial charge in [-0.2, -0.15) is 0 Å². The Morgan fingerprint density at radius 3 is 2.87 bits per heavy atom. The maximum Gasteiger partial charge on any atom is 0.133 e. The third-order valence-corrected chi connectivity index (χ3v) is 2.31. The minimum Gasteiger partial charge on any atom is -0.350 e. The van der Waals surface area contributed by atoms with Crippen molar-refractivity contribution in [2.24, 2.45) is 5.73 Å². The molecule has 1 aromatic heterocycles. The van der Waals surface area contributed by atoms with E-state index in [2.05, 4.69) is 30.3 Å². The molecule has 0 aliphatic rings. The average Bonchev–Trinajstić information content (AvgIpc) is 2.25. The van der Waals surface area contributed by atoms with Crippen LogP contribution < -0.4 is 10.6 Å². The Balaban J connectivity index is 3.03. The Hall–Kier alpha value is -1.35. The fraction of sp³-hybridized carbons (Fsp3) is 0.417. The molecule has 0 bridgehead atoms. The van der Waals surface area contributed by atoms with Gasteiger partial charge in [0.25, 0.3) is 0 Å². The molecule has 0 aromatic carbocycles. The van der Waals surface area contributed by atoms with E-state index < -0.39 is 0 Å². The highest BCUT2D eigenvalue weighted by molar-refractivity contribution is 5.47. The normalized spacial score (nSPS) is 10.4. The Morgan fingerprint density at radius 1 is 1.60 bits per heavy atom. The van der Waals surface area contributed by atoms with Crippen molar-refractivity contribution in [3.63, 3.8) is 0 Å². The summed E-state index contributed by atoms with van der Waals surface area (Å²) in [5, 5.41) is 0. The lowest BCUT2D eigenvalue weighted by atomic mass is 10.2. The van der Waals surface area contributed by atoms with Gasteiger partial charge in [-0.25, -0.2) is 4.98 Å². The van der Waals surface area contributed by atoms with Crippen LogP contribution >= 0.6 is 0 Å². The van der Waals surface area contributed by atoms with Crippen LogP contribution in [0.25, 0.3) is 0 Å². The van der Waals surface area contributed by atoms with Crippen LogP contribution in [0.4, 0.5) is 5.82 Å². The first-order valence-electron chi connectivity index (χ1n) is 5.22. The van der Waals surface area contributed by atoms with E-state index in [4.69, 9.17) is 5.73 Å². The molecule has 0 saturated carbocycles. The Morgan fingerprint density at radius 2 is 2.33 bits per heavy atom. The van der Waals surface area contributed by atoms with Crippen molar-refractivity contribution in [3.8, 4) is 0 Å². The van der Waals surface area contributed by atoms with Gasteiger partial charge in [0.15, 0.2) is 0 Å². The van der Waals surface area contributed by atoms with Gasteiger partial charge in [0.2, 0.25) is 0 Å². The Bertz CT molecular complexity index is 320. The monoisotopic (exact) mass is 205 g/mol. The topological polar surface area (TPSA) is 42.2 Å². The summed E-state index contributed by atoms with van der Waals surface area (Å²) in [6.45, 7) is 9.35. The molecule has 3 heteroatoms. The highest BCUT2D eigenvalue weighted by Crippen LogP contribution is 2.18. The summed E-state index contributed by atoms with van der Waals surface area (Å²) < 4.78 is 0. The molecule has 1 heterocycles. The second-order valence-corrected chi connectivity index (χ2v) is 3.73. The van der Waals surface area contributed by atoms with E-state index in [0.717, 1.165) is 17.9 Å². The van der Waals surface area contributed by atoms with Crippen LogP contribution in [0.15, 0.2) is 31.0 Å². The van der Waals surface area contributed by atoms with Crippen LogP contribution in [-0.2, 0) is 6.54 Å². The van der Waals surface area contributed by atoms with E-state index >= 15 is 0 Å². The molecule has 2 N–H and O–H groups in total. The predicted molar refractivity (Wildman–Crippen MR) is 64.8 cm³/mol. The van der Waals surface area contributed by atoms with Crippen LogP contribution in [0.5, 0.6) is 0 Å². The third kappa shape index (κ3) is 2.80. The second-order valence-electron chi connectivity index (χ2n) is 3.73. The van der Waals surface area contributed by atoms with Crippen LogP contribution in [0.2, 0.25) is 0 Å². The smallest absolute Gasteiger partial charge is 0.133 e. The van der Waals surface area contributed by atoms with Gasteiger partial charge in [-0.1, -0.05) is 12.1 Å². The fourth-order valence-electron chi connectivity index (χ4n) is 1.53. The molecule has 0 atom stereocenters. The van der Waals surface area contributed by atoms with Crippen LogP contribution in [-0.4, -0.2) is 17.6 Å². The van der Waals surface area contributed by atoms with Crippen LogP contribution in [0, 0.1) is 0 Å². The van der Waals surface area contributed by atoms with Crippen LogP contribution in [0.3, 0.4) is 0 Å². The predicted octanol–water partition coefficient (Wildman–Crippen LogP) is 1.94. The molecule has 0 saturated heterocycles. The largest absolute Gasteiger partial charge is 0.350 e. The van der Waals surface area contributed by atoms with Crippen molar-refractivity contribution < 1.29 is 0 Å². The second kappa shape index (κ2) is 5.51. The van der Waals surface area contributed by atoms with E-state index in [9.17, 15) is 0 Å². The quantitative estimate of drug-likeness (QED) is 0.747. The number of rotatable bonds is 5. The van der Waals surface area contributed by atoms with E-state index in [1.165, 1.54) is 0 Å². The summed E-state index contributed by atoms with van der Waals surface area (Å²) in [6.07, 6.45) is 3.68. The molecule has 0 spiro atoms. The van der Waals surface area contributed by atoms with Gasteiger partial charge in [-0.3, -0.25) is 0 Å². The molecule has 15 heavy (non-hydrogen) atoms. The molecule has 0 fully saturated rings. The van der Waals surface area contributed by atoms with E-state index in [0.29, 0.717) is 12.6 Å². The molecule has 1 aromatic rings. The molecule has 3 nitrogen and oxygen atoms in total. The summed E-state index contributed by atoms with van der Waals surface area (Å²) in [4.78, 5) is 6.58. The number of nitrogens with zero attached hydrogens (tertiary/aromatic N) is 2. The lowest BCUT2D eigenvalue weighted by molar-refractivity contribution is 0.707. The molecule has 0 aliphatic heterocycles. The fourth-order valence-corrected chi connectivity index (χ4v) is 1.53. The van der Waals surface area contributed by atoms with Gasteiger partial charge < -0.3 is 10.6 Å². The van der Waals surface area contributed by atoms with E-state index in [-0.39, 0.29) is 0 Å². The maximum absolute atomic E-state index is 5.69. The molecule has 1 rings (SSSR count). The van der Waals surface area contributed by atoms with Gasteiger partial charge >= 0.3 is 0 Å². The minimum atomic E-state index is 0.392. The van der Waals surface area contributed by atoms with Crippen molar-refractivity contribution in [2.45, 2.75) is 26.4 Å². The number of nitrogens with two attached hydrogens (primary N) is 1. The number of pyridine rings is 1. The van der Waals surface area contributed by atoms with Gasteiger partial charge in [-0.15, -0.1) is 6.58 Å². The Labute approximate surface area is 91.6 Å². The van der Waals surface area contributed by atoms with Crippen molar-refractivity contribution in [2.75, 3.05) is 11.4 Å². The SMILES string of the molecule is C=CCN(c1ncccc1CN)C(C)C. The first kappa shape index (κ1) is 11.7. The summed E-state index contributed by atoms with van der Waals surface area (Å²) in [5.74, 6) is 0.968. The zero-order valence-electron chi connectivity index (χ0n) is 9.48. The Kier molecular flexibility index (Phi) is 4.31. The molecule has 0 aliphatic carbocycles. The van der Waals surface area contributed by atoms with Crippen molar-refractivity contribution >= 4 is 5.82 Å². The number of hydrogen-bond donors (Lipinski definition) is 1. The molecule has 0 amide bonds. The van der Waals surface area contributed by atoms with Gasteiger partial charge in [0.1, 0.15) is 5.82 Å². The molecule has 82 valence electrons. The number of aromatic nitrogens is 1. The minimum absolute atomic E-state index is 0.392. The van der Waals surface area contributed by atoms with Gasteiger partial charge in [0, 0.05) is 30.9 Å². The van der Waals surface area contributed by atoms with Gasteiger partial charge in [-0.05, 0) is 19.9 Å². The standard InChI is InChI=1S/C12H19N3/c1-4-8-15(10(2)3)12-11(9-13)6-5-7-14-12/h4-7,10H,1,8-9,13H2,2-3H3. The van der Waals surface area contributed by atoms with Crippen molar-refractivity contribution in [1.82, 2.24) is 4.98 Å². The molecular formula is C12H19N3. The zero-order valence-corrected chi connectivity index (χ0v) is 9.48. The van der Waals surface area contributed by atoms with Crippen molar-refractivity contribution in [1.29, 1.82) is 0 Å². The van der Waals surface area contributed by atoms with E-state index in [1.807, 2.05) is 18.2 Å². The molecule has 0 unspecified atom stereocenters. The zero-order chi connectivity index (χ0) is 11.3. The molecular weight excluding hydrogens is 186 g/mol. The number of hydrogen-bond acceptors (Lipinski definition) is 3. The first-order valence-corrected chi connectivity index (χ1v) is 5.22. The summed E-state index contributed by atoms with van der Waals surface area (Å²) in [7, 11) is 0. The lowest BCUT2D eigenvalue weighted by Crippen LogP contribution is -2.32.